The molecule has 0 atom stereocenters. The van der Waals surface area contributed by atoms with E-state index in [2.05, 4.69) is 30.3 Å². The minimum atomic E-state index is 0.00186. The zero-order chi connectivity index (χ0) is 16.1. The summed E-state index contributed by atoms with van der Waals surface area (Å²) in [6.45, 7) is 0.600. The number of rotatable bonds is 4. The van der Waals surface area contributed by atoms with Gasteiger partial charge in [0.05, 0.1) is 0 Å². The van der Waals surface area contributed by atoms with Crippen LogP contribution in [0.5, 0.6) is 0 Å². The lowest BCUT2D eigenvalue weighted by Gasteiger charge is -2.15. The summed E-state index contributed by atoms with van der Waals surface area (Å²) in [5.41, 5.74) is 2.16. The van der Waals surface area contributed by atoms with Gasteiger partial charge in [0, 0.05) is 19.7 Å². The Morgan fingerprint density at radius 3 is 2.39 bits per heavy atom. The number of nitrogens with zero attached hydrogens (tertiary/aromatic N) is 1. The zero-order valence-corrected chi connectivity index (χ0v) is 13.1. The van der Waals surface area contributed by atoms with Gasteiger partial charge in [0.2, 0.25) is 5.91 Å². The molecule has 0 aliphatic rings. The standard InChI is InChI=1S/C21H19NO/c1-22(21(23)14-12-17-7-3-2-4-8-17)16-18-11-13-19-9-5-6-10-20(19)15-18/h2-15H,16H2,1H3/b14-12+. The van der Waals surface area contributed by atoms with Crippen LogP contribution in [0.2, 0.25) is 0 Å². The maximum atomic E-state index is 12.2. The molecule has 0 aromatic heterocycles. The average molecular weight is 301 g/mol. The lowest BCUT2D eigenvalue weighted by atomic mass is 10.1. The van der Waals surface area contributed by atoms with Crippen LogP contribution in [0.4, 0.5) is 0 Å². The monoisotopic (exact) mass is 301 g/mol. The van der Waals surface area contributed by atoms with E-state index in [0.29, 0.717) is 6.54 Å². The highest BCUT2D eigenvalue weighted by Gasteiger charge is 2.06. The molecule has 0 unspecified atom stereocenters. The van der Waals surface area contributed by atoms with Crippen molar-refractivity contribution < 1.29 is 4.79 Å². The van der Waals surface area contributed by atoms with E-state index in [9.17, 15) is 4.79 Å². The number of carbonyl (C=O) groups is 1. The van der Waals surface area contributed by atoms with Gasteiger partial charge in [-0.15, -0.1) is 0 Å². The Balaban J connectivity index is 1.68. The molecule has 0 saturated heterocycles. The number of hydrogen-bond acceptors (Lipinski definition) is 1. The Bertz CT molecular complexity index is 837. The molecule has 0 saturated carbocycles. The van der Waals surface area contributed by atoms with E-state index in [1.165, 1.54) is 10.8 Å². The van der Waals surface area contributed by atoms with Crippen LogP contribution in [0.3, 0.4) is 0 Å². The quantitative estimate of drug-likeness (QED) is 0.649. The molecule has 0 fully saturated rings. The fourth-order valence-corrected chi connectivity index (χ4v) is 2.55. The molecule has 0 bridgehead atoms. The van der Waals surface area contributed by atoms with Crippen molar-refractivity contribution in [3.05, 3.63) is 90.0 Å². The smallest absolute Gasteiger partial charge is 0.246 e. The van der Waals surface area contributed by atoms with Crippen LogP contribution in [-0.2, 0) is 11.3 Å². The summed E-state index contributed by atoms with van der Waals surface area (Å²) in [6.07, 6.45) is 3.47. The van der Waals surface area contributed by atoms with Crippen LogP contribution in [0.25, 0.3) is 16.8 Å². The van der Waals surface area contributed by atoms with E-state index in [1.54, 1.807) is 11.0 Å². The van der Waals surface area contributed by atoms with Crippen LogP contribution in [-0.4, -0.2) is 17.9 Å². The maximum absolute atomic E-state index is 12.2. The molecule has 3 aromatic carbocycles. The number of fused-ring (bicyclic) bond motifs is 1. The zero-order valence-electron chi connectivity index (χ0n) is 13.1. The summed E-state index contributed by atoms with van der Waals surface area (Å²) >= 11 is 0. The molecule has 0 aliphatic carbocycles. The summed E-state index contributed by atoms with van der Waals surface area (Å²) in [6, 6.07) is 24.4. The molecule has 0 heterocycles. The molecule has 0 radical (unpaired) electrons. The van der Waals surface area contributed by atoms with Gasteiger partial charge in [0.25, 0.3) is 0 Å². The summed E-state index contributed by atoms with van der Waals surface area (Å²) in [5, 5.41) is 2.42. The highest BCUT2D eigenvalue weighted by atomic mass is 16.2. The minimum Gasteiger partial charge on any atom is -0.338 e. The van der Waals surface area contributed by atoms with Crippen LogP contribution >= 0.6 is 0 Å². The highest BCUT2D eigenvalue weighted by molar-refractivity contribution is 5.91. The van der Waals surface area contributed by atoms with E-state index in [-0.39, 0.29) is 5.91 Å². The van der Waals surface area contributed by atoms with Gasteiger partial charge in [-0.2, -0.15) is 0 Å². The van der Waals surface area contributed by atoms with Crippen LogP contribution in [0, 0.1) is 0 Å². The summed E-state index contributed by atoms with van der Waals surface area (Å²) in [7, 11) is 1.83. The van der Waals surface area contributed by atoms with Crippen LogP contribution in [0.1, 0.15) is 11.1 Å². The molecular weight excluding hydrogens is 282 g/mol. The summed E-state index contributed by atoms with van der Waals surface area (Å²) < 4.78 is 0. The van der Waals surface area contributed by atoms with Crippen molar-refractivity contribution in [1.82, 2.24) is 4.90 Å². The second-order valence-corrected chi connectivity index (χ2v) is 5.62. The molecule has 2 nitrogen and oxygen atoms in total. The van der Waals surface area contributed by atoms with Gasteiger partial charge in [0.15, 0.2) is 0 Å². The lowest BCUT2D eigenvalue weighted by molar-refractivity contribution is -0.125. The molecule has 3 rings (SSSR count). The molecular formula is C21H19NO. The fraction of sp³-hybridized carbons (Fsp3) is 0.0952. The second-order valence-electron chi connectivity index (χ2n) is 5.62. The number of likely N-dealkylation sites (N-methyl/N-ethyl adjacent to an activating group) is 1. The number of amides is 1. The van der Waals surface area contributed by atoms with Gasteiger partial charge in [-0.25, -0.2) is 0 Å². The third-order valence-electron chi connectivity index (χ3n) is 3.83. The van der Waals surface area contributed by atoms with Crippen molar-refractivity contribution in [3.8, 4) is 0 Å². The summed E-state index contributed by atoms with van der Waals surface area (Å²) in [4.78, 5) is 13.9. The largest absolute Gasteiger partial charge is 0.338 e. The first kappa shape index (κ1) is 15.0. The van der Waals surface area contributed by atoms with E-state index < -0.39 is 0 Å². The highest BCUT2D eigenvalue weighted by Crippen LogP contribution is 2.16. The maximum Gasteiger partial charge on any atom is 0.246 e. The third kappa shape index (κ3) is 3.86. The number of benzene rings is 3. The lowest BCUT2D eigenvalue weighted by Crippen LogP contribution is -2.24. The van der Waals surface area contributed by atoms with E-state index >= 15 is 0 Å². The van der Waals surface area contributed by atoms with E-state index in [0.717, 1.165) is 11.1 Å². The molecule has 2 heteroatoms. The predicted molar refractivity (Wildman–Crippen MR) is 95.9 cm³/mol. The Morgan fingerprint density at radius 2 is 1.61 bits per heavy atom. The third-order valence-corrected chi connectivity index (χ3v) is 3.83. The second kappa shape index (κ2) is 6.93. The first-order chi connectivity index (χ1) is 11.2. The average Bonchev–Trinajstić information content (AvgIpc) is 2.60. The van der Waals surface area contributed by atoms with Crippen molar-refractivity contribution in [3.63, 3.8) is 0 Å². The van der Waals surface area contributed by atoms with E-state index in [4.69, 9.17) is 0 Å². The molecule has 0 aliphatic heterocycles. The minimum absolute atomic E-state index is 0.00186. The van der Waals surface area contributed by atoms with Gasteiger partial charge in [-0.1, -0.05) is 66.7 Å². The Morgan fingerprint density at radius 1 is 0.913 bits per heavy atom. The van der Waals surface area contributed by atoms with Gasteiger partial charge >= 0.3 is 0 Å². The number of hydrogen-bond donors (Lipinski definition) is 0. The Hall–Kier alpha value is -2.87. The molecule has 114 valence electrons. The van der Waals surface area contributed by atoms with Gasteiger partial charge in [-0.3, -0.25) is 4.79 Å². The van der Waals surface area contributed by atoms with Gasteiger partial charge in [-0.05, 0) is 34.0 Å². The first-order valence-corrected chi connectivity index (χ1v) is 7.68. The van der Waals surface area contributed by atoms with Crippen LogP contribution < -0.4 is 0 Å². The normalized spacial score (nSPS) is 11.0. The molecule has 0 spiro atoms. The molecule has 0 N–H and O–H groups in total. The molecule has 1 amide bonds. The molecule has 23 heavy (non-hydrogen) atoms. The first-order valence-electron chi connectivity index (χ1n) is 7.68. The SMILES string of the molecule is CN(Cc1ccc2ccccc2c1)C(=O)/C=C/c1ccccc1. The van der Waals surface area contributed by atoms with Crippen molar-refractivity contribution >= 4 is 22.8 Å². The van der Waals surface area contributed by atoms with Crippen molar-refractivity contribution in [2.24, 2.45) is 0 Å². The number of carbonyl (C=O) groups excluding carboxylic acids is 1. The summed E-state index contributed by atoms with van der Waals surface area (Å²) in [5.74, 6) is 0.00186. The molecule has 3 aromatic rings. The Labute approximate surface area is 136 Å². The van der Waals surface area contributed by atoms with Crippen molar-refractivity contribution in [2.75, 3.05) is 7.05 Å². The predicted octanol–water partition coefficient (Wildman–Crippen LogP) is 4.51. The fourth-order valence-electron chi connectivity index (χ4n) is 2.55. The van der Waals surface area contributed by atoms with Gasteiger partial charge in [0.1, 0.15) is 0 Å². The van der Waals surface area contributed by atoms with Crippen molar-refractivity contribution in [1.29, 1.82) is 0 Å². The van der Waals surface area contributed by atoms with Crippen molar-refractivity contribution in [2.45, 2.75) is 6.54 Å². The van der Waals surface area contributed by atoms with E-state index in [1.807, 2.05) is 55.6 Å². The Kier molecular flexibility index (Phi) is 4.53. The topological polar surface area (TPSA) is 20.3 Å². The van der Waals surface area contributed by atoms with Gasteiger partial charge < -0.3 is 4.90 Å². The van der Waals surface area contributed by atoms with Crippen LogP contribution in [0.15, 0.2) is 78.9 Å².